The Bertz CT molecular complexity index is 194. The minimum absolute atomic E-state index is 1.26. The van der Waals surface area contributed by atoms with E-state index in [1.54, 1.807) is 0 Å². The number of hydrogen-bond acceptors (Lipinski definition) is 1. The second kappa shape index (κ2) is 19.7. The van der Waals surface area contributed by atoms with Crippen molar-refractivity contribution < 1.29 is 0 Å². The van der Waals surface area contributed by atoms with Crippen molar-refractivity contribution in [2.45, 2.75) is 103 Å². The van der Waals surface area contributed by atoms with Crippen molar-refractivity contribution in [2.24, 2.45) is 0 Å². The van der Waals surface area contributed by atoms with E-state index in [2.05, 4.69) is 41.6 Å². The molecule has 0 amide bonds. The van der Waals surface area contributed by atoms with Crippen molar-refractivity contribution in [3.05, 3.63) is 0 Å². The Morgan fingerprint density at radius 3 is 1.00 bits per heavy atom. The van der Waals surface area contributed by atoms with Gasteiger partial charge in [0.05, 0.1) is 0 Å². The van der Waals surface area contributed by atoms with Gasteiger partial charge in [-0.2, -0.15) is 0 Å². The van der Waals surface area contributed by atoms with Gasteiger partial charge in [0, 0.05) is 0 Å². The van der Waals surface area contributed by atoms with Crippen LogP contribution in [0.3, 0.4) is 0 Å². The summed E-state index contributed by atoms with van der Waals surface area (Å²) >= 11 is 2.49. The highest BCUT2D eigenvalue weighted by Gasteiger charge is 1.95. The van der Waals surface area contributed by atoms with E-state index in [9.17, 15) is 0 Å². The highest BCUT2D eigenvalue weighted by molar-refractivity contribution is 14.1. The van der Waals surface area contributed by atoms with Crippen molar-refractivity contribution in [1.82, 2.24) is 4.90 Å². The van der Waals surface area contributed by atoms with E-state index in [0.29, 0.717) is 0 Å². The first-order chi connectivity index (χ1) is 10.8. The van der Waals surface area contributed by atoms with Crippen LogP contribution in [-0.4, -0.2) is 30.0 Å². The molecule has 0 aromatic carbocycles. The number of rotatable bonds is 18. The molecule has 0 aromatic heterocycles. The van der Waals surface area contributed by atoms with Gasteiger partial charge >= 0.3 is 0 Å². The van der Waals surface area contributed by atoms with Crippen LogP contribution in [0.15, 0.2) is 0 Å². The summed E-state index contributed by atoms with van der Waals surface area (Å²) in [6.45, 7) is 1.26. The molecule has 0 N–H and O–H groups in total. The number of unbranched alkanes of at least 4 members (excludes halogenated alkanes) is 15. The Kier molecular flexibility index (Phi) is 20.4. The van der Waals surface area contributed by atoms with Crippen molar-refractivity contribution in [1.29, 1.82) is 0 Å². The molecule has 0 aliphatic carbocycles. The van der Waals surface area contributed by atoms with Crippen LogP contribution in [0.25, 0.3) is 0 Å². The van der Waals surface area contributed by atoms with Crippen molar-refractivity contribution in [3.8, 4) is 0 Å². The smallest absolute Gasteiger partial charge is 0.000473 e. The Morgan fingerprint density at radius 2 is 0.727 bits per heavy atom. The third-order valence-electron chi connectivity index (χ3n) is 4.49. The van der Waals surface area contributed by atoms with Crippen LogP contribution in [0, 0.1) is 0 Å². The summed E-state index contributed by atoms with van der Waals surface area (Å²) < 4.78 is 1.34. The molecular formula is C20H42IN. The molecule has 0 radical (unpaired) electrons. The third kappa shape index (κ3) is 20.7. The maximum atomic E-state index is 2.49. The quantitative estimate of drug-likeness (QED) is 0.128. The number of alkyl halides is 1. The minimum atomic E-state index is 1.26. The van der Waals surface area contributed by atoms with Gasteiger partial charge in [-0.05, 0) is 37.9 Å². The number of halogens is 1. The summed E-state index contributed by atoms with van der Waals surface area (Å²) in [6.07, 6.45) is 23.4. The summed E-state index contributed by atoms with van der Waals surface area (Å²) in [7, 11) is 4.35. The summed E-state index contributed by atoms with van der Waals surface area (Å²) in [5, 5.41) is 0. The molecule has 0 spiro atoms. The van der Waals surface area contributed by atoms with Gasteiger partial charge in [-0.1, -0.05) is 112 Å². The third-order valence-corrected chi connectivity index (χ3v) is 5.25. The summed E-state index contributed by atoms with van der Waals surface area (Å²) in [5.74, 6) is 0. The van der Waals surface area contributed by atoms with E-state index in [4.69, 9.17) is 0 Å². The van der Waals surface area contributed by atoms with Crippen LogP contribution in [0.1, 0.15) is 103 Å². The highest BCUT2D eigenvalue weighted by atomic mass is 127. The molecule has 0 saturated carbocycles. The van der Waals surface area contributed by atoms with Gasteiger partial charge in [-0.3, -0.25) is 0 Å². The molecule has 0 bridgehead atoms. The lowest BCUT2D eigenvalue weighted by molar-refractivity contribution is 0.389. The Morgan fingerprint density at radius 1 is 0.455 bits per heavy atom. The minimum Gasteiger partial charge on any atom is -0.309 e. The monoisotopic (exact) mass is 423 g/mol. The van der Waals surface area contributed by atoms with Crippen LogP contribution in [-0.2, 0) is 0 Å². The predicted octanol–water partition coefficient (Wildman–Crippen LogP) is 7.22. The largest absolute Gasteiger partial charge is 0.309 e. The predicted molar refractivity (Wildman–Crippen MR) is 111 cm³/mol. The lowest BCUT2D eigenvalue weighted by Gasteiger charge is -2.08. The molecule has 0 saturated heterocycles. The van der Waals surface area contributed by atoms with Gasteiger partial charge in [-0.15, -0.1) is 0 Å². The van der Waals surface area contributed by atoms with E-state index < -0.39 is 0 Å². The van der Waals surface area contributed by atoms with Crippen LogP contribution in [0.2, 0.25) is 0 Å². The van der Waals surface area contributed by atoms with Crippen LogP contribution in [0.5, 0.6) is 0 Å². The van der Waals surface area contributed by atoms with Gasteiger partial charge in [0.25, 0.3) is 0 Å². The molecule has 0 aliphatic heterocycles. The lowest BCUT2D eigenvalue weighted by atomic mass is 10.0. The zero-order valence-corrected chi connectivity index (χ0v) is 17.7. The zero-order valence-electron chi connectivity index (χ0n) is 15.6. The Balaban J connectivity index is 2.94. The molecule has 2 heteroatoms. The van der Waals surface area contributed by atoms with Crippen molar-refractivity contribution in [3.63, 3.8) is 0 Å². The topological polar surface area (TPSA) is 3.24 Å². The number of hydrogen-bond donors (Lipinski definition) is 0. The molecule has 0 aromatic rings. The first kappa shape index (κ1) is 22.7. The average molecular weight is 423 g/mol. The van der Waals surface area contributed by atoms with E-state index in [0.717, 1.165) is 0 Å². The van der Waals surface area contributed by atoms with E-state index in [1.165, 1.54) is 114 Å². The van der Waals surface area contributed by atoms with E-state index in [1.807, 2.05) is 0 Å². The van der Waals surface area contributed by atoms with Crippen LogP contribution >= 0.6 is 22.6 Å². The molecule has 0 fully saturated rings. The zero-order chi connectivity index (χ0) is 16.3. The molecule has 0 unspecified atom stereocenters. The number of nitrogens with zero attached hydrogens (tertiary/aromatic N) is 1. The fourth-order valence-electron chi connectivity index (χ4n) is 3.00. The molecule has 0 aliphatic rings. The Hall–Kier alpha value is 0.690. The van der Waals surface area contributed by atoms with Crippen molar-refractivity contribution >= 4 is 22.6 Å². The standard InChI is InChI=1S/C20H42IN/c1-22(2)20-18-16-14-12-10-8-6-4-3-5-7-9-11-13-15-17-19-21/h3-20H2,1-2H3. The van der Waals surface area contributed by atoms with Gasteiger partial charge in [-0.25, -0.2) is 0 Å². The fraction of sp³-hybridized carbons (Fsp3) is 1.00. The second-order valence-corrected chi connectivity index (χ2v) is 8.23. The lowest BCUT2D eigenvalue weighted by Crippen LogP contribution is -2.12. The van der Waals surface area contributed by atoms with Crippen LogP contribution < -0.4 is 0 Å². The van der Waals surface area contributed by atoms with Gasteiger partial charge in [0.1, 0.15) is 0 Å². The van der Waals surface area contributed by atoms with Gasteiger partial charge < -0.3 is 4.90 Å². The van der Waals surface area contributed by atoms with Crippen LogP contribution in [0.4, 0.5) is 0 Å². The molecule has 0 heterocycles. The van der Waals surface area contributed by atoms with E-state index in [-0.39, 0.29) is 0 Å². The summed E-state index contributed by atoms with van der Waals surface area (Å²) in [6, 6.07) is 0. The summed E-state index contributed by atoms with van der Waals surface area (Å²) in [4.78, 5) is 2.30. The molecule has 22 heavy (non-hydrogen) atoms. The first-order valence-electron chi connectivity index (χ1n) is 9.98. The van der Waals surface area contributed by atoms with E-state index >= 15 is 0 Å². The average Bonchev–Trinajstić information content (AvgIpc) is 2.50. The SMILES string of the molecule is CN(C)CCCCCCCCCCCCCCCCCCI. The van der Waals surface area contributed by atoms with Gasteiger partial charge in [0.15, 0.2) is 0 Å². The molecule has 134 valence electrons. The molecule has 0 atom stereocenters. The van der Waals surface area contributed by atoms with Gasteiger partial charge in [0.2, 0.25) is 0 Å². The van der Waals surface area contributed by atoms with Crippen molar-refractivity contribution in [2.75, 3.05) is 25.1 Å². The maximum Gasteiger partial charge on any atom is -0.000473 e. The Labute approximate surface area is 155 Å². The first-order valence-corrected chi connectivity index (χ1v) is 11.5. The molecule has 1 nitrogen and oxygen atoms in total. The maximum absolute atomic E-state index is 2.49. The highest BCUT2D eigenvalue weighted by Crippen LogP contribution is 2.13. The second-order valence-electron chi connectivity index (χ2n) is 7.15. The normalized spacial score (nSPS) is 11.5. The fourth-order valence-corrected chi connectivity index (χ4v) is 3.54. The molecular weight excluding hydrogens is 381 g/mol. The molecule has 0 rings (SSSR count). The summed E-state index contributed by atoms with van der Waals surface area (Å²) in [5.41, 5.74) is 0.